The molecule has 3 aromatic carbocycles. The molecule has 0 spiro atoms. The molecule has 6 nitrogen and oxygen atoms in total. The van der Waals surface area contributed by atoms with E-state index in [4.69, 9.17) is 4.74 Å². The van der Waals surface area contributed by atoms with Crippen LogP contribution in [0, 0.1) is 13.8 Å². The number of anilines is 1. The molecule has 32 heavy (non-hydrogen) atoms. The molecule has 0 saturated heterocycles. The van der Waals surface area contributed by atoms with E-state index in [9.17, 15) is 14.4 Å². The summed E-state index contributed by atoms with van der Waals surface area (Å²) in [7, 11) is 0. The summed E-state index contributed by atoms with van der Waals surface area (Å²) >= 11 is 0. The van der Waals surface area contributed by atoms with Crippen LogP contribution >= 0.6 is 0 Å². The maximum absolute atomic E-state index is 13.1. The Morgan fingerprint density at radius 1 is 0.938 bits per heavy atom. The van der Waals surface area contributed by atoms with E-state index in [1.807, 2.05) is 39.0 Å². The number of carbonyl (C=O) groups is 3. The van der Waals surface area contributed by atoms with Crippen LogP contribution in [0.1, 0.15) is 54.7 Å². The number of imide groups is 1. The molecule has 0 radical (unpaired) electrons. The lowest BCUT2D eigenvalue weighted by Crippen LogP contribution is -2.29. The zero-order chi connectivity index (χ0) is 22.8. The Morgan fingerprint density at radius 2 is 1.62 bits per heavy atom. The van der Waals surface area contributed by atoms with Crippen LogP contribution in [0.3, 0.4) is 0 Å². The molecule has 162 valence electrons. The Bertz CT molecular complexity index is 1200. The number of aryl methyl sites for hydroxylation is 2. The van der Waals surface area contributed by atoms with Crippen molar-refractivity contribution >= 4 is 23.4 Å². The lowest BCUT2D eigenvalue weighted by Gasteiger charge is -2.17. The van der Waals surface area contributed by atoms with Crippen LogP contribution in [-0.4, -0.2) is 29.2 Å². The minimum atomic E-state index is -0.333. The Labute approximate surface area is 186 Å². The lowest BCUT2D eigenvalue weighted by molar-refractivity contribution is 0.0642. The van der Waals surface area contributed by atoms with Crippen molar-refractivity contribution < 1.29 is 19.1 Å². The van der Waals surface area contributed by atoms with Crippen LogP contribution in [0.4, 0.5) is 5.69 Å². The smallest absolute Gasteiger partial charge is 0.261 e. The van der Waals surface area contributed by atoms with Crippen LogP contribution in [0.2, 0.25) is 0 Å². The fourth-order valence-electron chi connectivity index (χ4n) is 3.84. The van der Waals surface area contributed by atoms with Crippen LogP contribution in [0.5, 0.6) is 5.75 Å². The van der Waals surface area contributed by atoms with E-state index in [-0.39, 0.29) is 24.3 Å². The first-order valence-corrected chi connectivity index (χ1v) is 10.5. The first-order valence-electron chi connectivity index (χ1n) is 10.5. The van der Waals surface area contributed by atoms with Crippen molar-refractivity contribution in [3.63, 3.8) is 0 Å². The number of benzene rings is 3. The molecule has 1 aliphatic rings. The Balaban J connectivity index is 1.61. The summed E-state index contributed by atoms with van der Waals surface area (Å²) in [6.07, 6.45) is 0. The number of nitrogens with zero attached hydrogens (tertiary/aromatic N) is 1. The maximum Gasteiger partial charge on any atom is 0.261 e. The summed E-state index contributed by atoms with van der Waals surface area (Å²) in [6.45, 7) is 6.25. The van der Waals surface area contributed by atoms with Crippen molar-refractivity contribution in [2.45, 2.75) is 27.3 Å². The van der Waals surface area contributed by atoms with Gasteiger partial charge in [-0.2, -0.15) is 0 Å². The zero-order valence-corrected chi connectivity index (χ0v) is 18.3. The summed E-state index contributed by atoms with van der Waals surface area (Å²) in [5.74, 6) is -0.535. The monoisotopic (exact) mass is 428 g/mol. The van der Waals surface area contributed by atoms with Gasteiger partial charge in [0.2, 0.25) is 0 Å². The summed E-state index contributed by atoms with van der Waals surface area (Å²) in [6, 6.07) is 17.7. The second-order valence-corrected chi connectivity index (χ2v) is 7.78. The van der Waals surface area contributed by atoms with Crippen molar-refractivity contribution in [2.75, 3.05) is 11.9 Å². The zero-order valence-electron chi connectivity index (χ0n) is 18.3. The minimum Gasteiger partial charge on any atom is -0.493 e. The molecular formula is C26H24N2O4. The third-order valence-corrected chi connectivity index (χ3v) is 5.44. The van der Waals surface area contributed by atoms with Crippen LogP contribution in [0.25, 0.3) is 0 Å². The second-order valence-electron chi connectivity index (χ2n) is 7.78. The molecule has 1 N–H and O–H groups in total. The van der Waals surface area contributed by atoms with E-state index < -0.39 is 0 Å². The number of carbonyl (C=O) groups excluding carboxylic acids is 3. The highest BCUT2D eigenvalue weighted by Gasteiger charge is 2.35. The van der Waals surface area contributed by atoms with Crippen molar-refractivity contribution in [3.05, 3.63) is 94.0 Å². The normalized spacial score (nSPS) is 12.7. The molecule has 0 aliphatic carbocycles. The summed E-state index contributed by atoms with van der Waals surface area (Å²) in [4.78, 5) is 39.7. The highest BCUT2D eigenvalue weighted by molar-refractivity contribution is 6.21. The Hall–Kier alpha value is -3.93. The molecular weight excluding hydrogens is 404 g/mol. The van der Waals surface area contributed by atoms with Crippen LogP contribution in [0.15, 0.2) is 60.7 Å². The van der Waals surface area contributed by atoms with Crippen molar-refractivity contribution in [2.24, 2.45) is 0 Å². The summed E-state index contributed by atoms with van der Waals surface area (Å²) < 4.78 is 5.65. The quantitative estimate of drug-likeness (QED) is 0.575. The average Bonchev–Trinajstić information content (AvgIpc) is 3.02. The van der Waals surface area contributed by atoms with Crippen LogP contribution in [-0.2, 0) is 6.54 Å². The number of nitrogens with one attached hydrogen (secondary N) is 1. The van der Waals surface area contributed by atoms with Gasteiger partial charge in [0.1, 0.15) is 5.75 Å². The van der Waals surface area contributed by atoms with Gasteiger partial charge in [0, 0.05) is 5.69 Å². The molecule has 4 rings (SSSR count). The second kappa shape index (κ2) is 8.67. The van der Waals surface area contributed by atoms with Gasteiger partial charge in [-0.3, -0.25) is 19.3 Å². The van der Waals surface area contributed by atoms with E-state index in [1.165, 1.54) is 4.90 Å². The number of rotatable bonds is 6. The van der Waals surface area contributed by atoms with Gasteiger partial charge in [0.05, 0.1) is 29.8 Å². The number of ether oxygens (including phenoxy) is 1. The number of amides is 3. The molecule has 0 atom stereocenters. The molecule has 1 heterocycles. The first kappa shape index (κ1) is 21.3. The van der Waals surface area contributed by atoms with Gasteiger partial charge in [-0.05, 0) is 62.2 Å². The van der Waals surface area contributed by atoms with E-state index >= 15 is 0 Å². The van der Waals surface area contributed by atoms with E-state index in [2.05, 4.69) is 5.32 Å². The minimum absolute atomic E-state index is 0.0720. The molecule has 0 saturated carbocycles. The van der Waals surface area contributed by atoms with Gasteiger partial charge in [-0.25, -0.2) is 0 Å². The highest BCUT2D eigenvalue weighted by Crippen LogP contribution is 2.27. The molecule has 3 amide bonds. The van der Waals surface area contributed by atoms with Gasteiger partial charge < -0.3 is 10.1 Å². The molecule has 6 heteroatoms. The summed E-state index contributed by atoms with van der Waals surface area (Å²) in [5.41, 5.74) is 4.59. The average molecular weight is 428 g/mol. The fourth-order valence-corrected chi connectivity index (χ4v) is 3.84. The molecule has 0 bridgehead atoms. The van der Waals surface area contributed by atoms with Crippen molar-refractivity contribution in [1.29, 1.82) is 0 Å². The predicted octanol–water partition coefficient (Wildman–Crippen LogP) is 4.75. The topological polar surface area (TPSA) is 75.7 Å². The predicted molar refractivity (Wildman–Crippen MR) is 122 cm³/mol. The number of hydrogen-bond donors (Lipinski definition) is 1. The molecule has 1 aliphatic heterocycles. The third kappa shape index (κ3) is 3.99. The number of hydrogen-bond acceptors (Lipinski definition) is 4. The molecule has 0 unspecified atom stereocenters. The van der Waals surface area contributed by atoms with Gasteiger partial charge in [-0.15, -0.1) is 0 Å². The van der Waals surface area contributed by atoms with Crippen LogP contribution < -0.4 is 10.1 Å². The third-order valence-electron chi connectivity index (χ3n) is 5.44. The van der Waals surface area contributed by atoms with Gasteiger partial charge in [0.15, 0.2) is 0 Å². The van der Waals surface area contributed by atoms with Gasteiger partial charge in [-0.1, -0.05) is 35.9 Å². The first-order chi connectivity index (χ1) is 15.4. The standard InChI is InChI=1S/C26H24N2O4/c1-4-32-23-12-10-18(15-28-25(30)19-7-5-6-8-20(19)26(28)31)14-21(23)24(29)27-22-11-9-16(2)13-17(22)3/h5-14H,4,15H2,1-3H3,(H,27,29). The highest BCUT2D eigenvalue weighted by atomic mass is 16.5. The lowest BCUT2D eigenvalue weighted by atomic mass is 10.1. The molecule has 3 aromatic rings. The summed E-state index contributed by atoms with van der Waals surface area (Å²) in [5, 5.41) is 2.94. The van der Waals surface area contributed by atoms with Crippen molar-refractivity contribution in [3.8, 4) is 5.75 Å². The SMILES string of the molecule is CCOc1ccc(CN2C(=O)c3ccccc3C2=O)cc1C(=O)Nc1ccc(C)cc1C. The maximum atomic E-state index is 13.1. The number of fused-ring (bicyclic) bond motifs is 1. The Morgan fingerprint density at radius 3 is 2.25 bits per heavy atom. The van der Waals surface area contributed by atoms with Gasteiger partial charge in [0.25, 0.3) is 17.7 Å². The van der Waals surface area contributed by atoms with E-state index in [0.717, 1.165) is 11.1 Å². The van der Waals surface area contributed by atoms with Gasteiger partial charge >= 0.3 is 0 Å². The fraction of sp³-hybridized carbons (Fsp3) is 0.192. The van der Waals surface area contributed by atoms with Crippen molar-refractivity contribution in [1.82, 2.24) is 4.90 Å². The Kier molecular flexibility index (Phi) is 5.77. The molecule has 0 fully saturated rings. The molecule has 0 aromatic heterocycles. The van der Waals surface area contributed by atoms with E-state index in [0.29, 0.717) is 40.3 Å². The van der Waals surface area contributed by atoms with E-state index in [1.54, 1.807) is 42.5 Å². The largest absolute Gasteiger partial charge is 0.493 e.